The van der Waals surface area contributed by atoms with Crippen LogP contribution < -0.4 is 9.47 Å². The fourth-order valence-electron chi connectivity index (χ4n) is 3.83. The van der Waals surface area contributed by atoms with Crippen LogP contribution in [0.25, 0.3) is 0 Å². The van der Waals surface area contributed by atoms with Crippen molar-refractivity contribution in [2.45, 2.75) is 19.3 Å². The average molecular weight is 463 g/mol. The Labute approximate surface area is 203 Å². The SMILES string of the molecule is CC(C)(c1ccccc1Oc1ccc(N=C=O)cc1)c1ccccc1Oc1ccc(N=C=O)cc1. The Morgan fingerprint density at radius 1 is 0.571 bits per heavy atom. The van der Waals surface area contributed by atoms with Crippen LogP contribution in [0.1, 0.15) is 25.0 Å². The predicted molar refractivity (Wildman–Crippen MR) is 134 cm³/mol. The lowest BCUT2D eigenvalue weighted by Gasteiger charge is -2.30. The summed E-state index contributed by atoms with van der Waals surface area (Å²) in [5, 5.41) is 0. The van der Waals surface area contributed by atoms with E-state index in [-0.39, 0.29) is 0 Å². The van der Waals surface area contributed by atoms with Crippen molar-refractivity contribution in [3.63, 3.8) is 0 Å². The Hall–Kier alpha value is -4.76. The summed E-state index contributed by atoms with van der Waals surface area (Å²) in [7, 11) is 0. The number of carbonyl (C=O) groups excluding carboxylic acids is 2. The molecule has 0 amide bonds. The second kappa shape index (κ2) is 10.4. The monoisotopic (exact) mass is 462 g/mol. The summed E-state index contributed by atoms with van der Waals surface area (Å²) >= 11 is 0. The van der Waals surface area contributed by atoms with Crippen LogP contribution in [0.4, 0.5) is 11.4 Å². The van der Waals surface area contributed by atoms with Crippen LogP contribution in [-0.4, -0.2) is 12.2 Å². The second-order valence-corrected chi connectivity index (χ2v) is 8.22. The highest BCUT2D eigenvalue weighted by atomic mass is 16.5. The Balaban J connectivity index is 1.66. The molecule has 172 valence electrons. The number of isocyanates is 2. The predicted octanol–water partition coefficient (Wildman–Crippen LogP) is 7.53. The third kappa shape index (κ3) is 5.43. The van der Waals surface area contributed by atoms with Gasteiger partial charge in [-0.3, -0.25) is 0 Å². The Bertz CT molecular complexity index is 1310. The zero-order chi connectivity index (χ0) is 24.7. The molecule has 0 N–H and O–H groups in total. The molecule has 6 nitrogen and oxygen atoms in total. The van der Waals surface area contributed by atoms with Crippen LogP contribution in [0.2, 0.25) is 0 Å². The van der Waals surface area contributed by atoms with Crippen molar-refractivity contribution in [3.8, 4) is 23.0 Å². The van der Waals surface area contributed by atoms with E-state index in [1.807, 2.05) is 48.5 Å². The first-order chi connectivity index (χ1) is 17.0. The normalized spacial score (nSPS) is 10.6. The van der Waals surface area contributed by atoms with E-state index in [1.165, 1.54) is 12.2 Å². The third-order valence-corrected chi connectivity index (χ3v) is 5.60. The zero-order valence-corrected chi connectivity index (χ0v) is 19.3. The molecule has 0 unspecified atom stereocenters. The molecule has 6 heteroatoms. The molecule has 0 aliphatic rings. The summed E-state index contributed by atoms with van der Waals surface area (Å²) in [6.45, 7) is 4.22. The Kier molecular flexibility index (Phi) is 6.99. The molecule has 0 saturated carbocycles. The summed E-state index contributed by atoms with van der Waals surface area (Å²) in [6.07, 6.45) is 3.07. The zero-order valence-electron chi connectivity index (χ0n) is 19.3. The van der Waals surface area contributed by atoms with Crippen LogP contribution >= 0.6 is 0 Å². The second-order valence-electron chi connectivity index (χ2n) is 8.22. The van der Waals surface area contributed by atoms with Crippen molar-refractivity contribution >= 4 is 23.5 Å². The highest BCUT2D eigenvalue weighted by molar-refractivity contribution is 5.55. The van der Waals surface area contributed by atoms with Gasteiger partial charge in [-0.2, -0.15) is 9.98 Å². The quantitative estimate of drug-likeness (QED) is 0.200. The van der Waals surface area contributed by atoms with Crippen molar-refractivity contribution in [1.82, 2.24) is 0 Å². The number of hydrogen-bond donors (Lipinski definition) is 0. The first kappa shape index (κ1) is 23.4. The highest BCUT2D eigenvalue weighted by Crippen LogP contribution is 2.43. The maximum Gasteiger partial charge on any atom is 0.240 e. The van der Waals surface area contributed by atoms with Gasteiger partial charge in [0.2, 0.25) is 12.2 Å². The number of hydrogen-bond acceptors (Lipinski definition) is 6. The van der Waals surface area contributed by atoms with E-state index in [9.17, 15) is 9.59 Å². The van der Waals surface area contributed by atoms with E-state index in [1.54, 1.807) is 48.5 Å². The molecular weight excluding hydrogens is 440 g/mol. The molecule has 0 bridgehead atoms. The summed E-state index contributed by atoms with van der Waals surface area (Å²) in [5.74, 6) is 2.66. The number of rotatable bonds is 8. The van der Waals surface area contributed by atoms with Gasteiger partial charge in [-0.15, -0.1) is 0 Å². The van der Waals surface area contributed by atoms with Gasteiger partial charge in [-0.05, 0) is 60.7 Å². The van der Waals surface area contributed by atoms with Crippen molar-refractivity contribution in [3.05, 3.63) is 108 Å². The molecule has 4 aromatic rings. The number of ether oxygens (including phenoxy) is 2. The summed E-state index contributed by atoms with van der Waals surface area (Å²) in [6, 6.07) is 29.5. The molecule has 0 aliphatic carbocycles. The van der Waals surface area contributed by atoms with Crippen LogP contribution in [-0.2, 0) is 15.0 Å². The van der Waals surface area contributed by atoms with Crippen LogP contribution in [0.5, 0.6) is 23.0 Å². The molecule has 4 rings (SSSR count). The number of aliphatic imine (C=N–C) groups is 2. The fourth-order valence-corrected chi connectivity index (χ4v) is 3.83. The third-order valence-electron chi connectivity index (χ3n) is 5.60. The van der Waals surface area contributed by atoms with Crippen molar-refractivity contribution in [2.24, 2.45) is 9.98 Å². The molecule has 35 heavy (non-hydrogen) atoms. The standard InChI is InChI=1S/C29H22N2O4/c1-29(2,25-7-3-5-9-27(25)34-23-15-11-21(12-16-23)30-19-32)26-8-4-6-10-28(26)35-24-17-13-22(14-18-24)31-20-33/h3-18H,1-2H3. The van der Waals surface area contributed by atoms with Gasteiger partial charge >= 0.3 is 0 Å². The summed E-state index contributed by atoms with van der Waals surface area (Å²) < 4.78 is 12.4. The summed E-state index contributed by atoms with van der Waals surface area (Å²) in [4.78, 5) is 28.2. The number of para-hydroxylation sites is 2. The van der Waals surface area contributed by atoms with Gasteiger partial charge in [-0.25, -0.2) is 9.59 Å². The first-order valence-corrected chi connectivity index (χ1v) is 10.9. The van der Waals surface area contributed by atoms with Gasteiger partial charge in [0.25, 0.3) is 0 Å². The van der Waals surface area contributed by atoms with Gasteiger partial charge in [0.05, 0.1) is 11.4 Å². The molecule has 0 atom stereocenters. The van der Waals surface area contributed by atoms with Crippen molar-refractivity contribution in [1.29, 1.82) is 0 Å². The van der Waals surface area contributed by atoms with Gasteiger partial charge in [-0.1, -0.05) is 50.2 Å². The van der Waals surface area contributed by atoms with E-state index >= 15 is 0 Å². The van der Waals surface area contributed by atoms with E-state index < -0.39 is 5.41 Å². The maximum atomic E-state index is 10.5. The number of nitrogens with zero attached hydrogens (tertiary/aromatic N) is 2. The van der Waals surface area contributed by atoms with Gasteiger partial charge in [0.1, 0.15) is 23.0 Å². The van der Waals surface area contributed by atoms with E-state index in [0.29, 0.717) is 34.4 Å². The molecule has 0 heterocycles. The average Bonchev–Trinajstić information content (AvgIpc) is 2.87. The van der Waals surface area contributed by atoms with Crippen LogP contribution in [0.15, 0.2) is 107 Å². The maximum absolute atomic E-state index is 10.5. The van der Waals surface area contributed by atoms with Crippen LogP contribution in [0, 0.1) is 0 Å². The van der Waals surface area contributed by atoms with Gasteiger partial charge in [0, 0.05) is 16.5 Å². The largest absolute Gasteiger partial charge is 0.457 e. The molecule has 0 spiro atoms. The Morgan fingerprint density at radius 2 is 0.943 bits per heavy atom. The molecule has 4 aromatic carbocycles. The lowest BCUT2D eigenvalue weighted by molar-refractivity contribution is 0.445. The van der Waals surface area contributed by atoms with E-state index in [4.69, 9.17) is 9.47 Å². The lowest BCUT2D eigenvalue weighted by Crippen LogP contribution is -2.20. The van der Waals surface area contributed by atoms with Gasteiger partial charge in [0.15, 0.2) is 0 Å². The lowest BCUT2D eigenvalue weighted by atomic mass is 9.77. The topological polar surface area (TPSA) is 77.3 Å². The summed E-state index contributed by atoms with van der Waals surface area (Å²) in [5.41, 5.74) is 2.50. The first-order valence-electron chi connectivity index (χ1n) is 10.9. The van der Waals surface area contributed by atoms with E-state index in [0.717, 1.165) is 11.1 Å². The van der Waals surface area contributed by atoms with Gasteiger partial charge < -0.3 is 9.47 Å². The fraction of sp³-hybridized carbons (Fsp3) is 0.103. The van der Waals surface area contributed by atoms with E-state index in [2.05, 4.69) is 23.8 Å². The van der Waals surface area contributed by atoms with Crippen LogP contribution in [0.3, 0.4) is 0 Å². The minimum atomic E-state index is -0.476. The molecule has 0 saturated heterocycles. The highest BCUT2D eigenvalue weighted by Gasteiger charge is 2.30. The molecular formula is C29H22N2O4. The minimum Gasteiger partial charge on any atom is -0.457 e. The van der Waals surface area contributed by atoms with Crippen molar-refractivity contribution in [2.75, 3.05) is 0 Å². The smallest absolute Gasteiger partial charge is 0.240 e. The number of benzene rings is 4. The molecule has 0 radical (unpaired) electrons. The van der Waals surface area contributed by atoms with Crippen molar-refractivity contribution < 1.29 is 19.1 Å². The molecule has 0 aliphatic heterocycles. The Morgan fingerprint density at radius 3 is 1.31 bits per heavy atom. The minimum absolute atomic E-state index is 0.476. The molecule has 0 aromatic heterocycles. The molecule has 0 fully saturated rings.